The van der Waals surface area contributed by atoms with Gasteiger partial charge in [-0.15, -0.1) is 10.2 Å². The van der Waals surface area contributed by atoms with E-state index in [0.29, 0.717) is 23.9 Å². The number of para-hydroxylation sites is 1. The standard InChI is InChI=1S/C21H20N4O3S/c1-25-19(12-28-16-7-5-6-15(11-16)27-2)23-24-21(25)29-13-14-10-20(26)22-18-9-4-3-8-17(14)18/h3-11H,12-13H2,1-2H3,(H,22,26). The zero-order valence-corrected chi connectivity index (χ0v) is 16.9. The van der Waals surface area contributed by atoms with E-state index >= 15 is 0 Å². The molecule has 2 heterocycles. The van der Waals surface area contributed by atoms with E-state index in [0.717, 1.165) is 27.4 Å². The van der Waals surface area contributed by atoms with E-state index in [-0.39, 0.29) is 5.56 Å². The molecule has 0 spiro atoms. The summed E-state index contributed by atoms with van der Waals surface area (Å²) in [6.45, 7) is 0.297. The third-order valence-electron chi connectivity index (χ3n) is 4.53. The number of nitrogens with one attached hydrogen (secondary N) is 1. The molecule has 0 amide bonds. The molecule has 0 saturated carbocycles. The molecule has 148 valence electrons. The van der Waals surface area contributed by atoms with Crippen LogP contribution in [0.15, 0.2) is 64.5 Å². The van der Waals surface area contributed by atoms with Crippen LogP contribution in [-0.2, 0) is 19.4 Å². The molecule has 29 heavy (non-hydrogen) atoms. The van der Waals surface area contributed by atoms with Crippen molar-refractivity contribution in [1.29, 1.82) is 0 Å². The maximum absolute atomic E-state index is 11.9. The van der Waals surface area contributed by atoms with Crippen molar-refractivity contribution in [3.8, 4) is 11.5 Å². The Balaban J connectivity index is 1.46. The summed E-state index contributed by atoms with van der Waals surface area (Å²) >= 11 is 1.53. The molecule has 0 saturated heterocycles. The molecule has 2 aromatic carbocycles. The van der Waals surface area contributed by atoms with Crippen molar-refractivity contribution in [2.24, 2.45) is 7.05 Å². The van der Waals surface area contributed by atoms with Crippen LogP contribution >= 0.6 is 11.8 Å². The van der Waals surface area contributed by atoms with Gasteiger partial charge in [-0.05, 0) is 23.8 Å². The summed E-state index contributed by atoms with van der Waals surface area (Å²) in [4.78, 5) is 14.8. The lowest BCUT2D eigenvalue weighted by Crippen LogP contribution is -2.06. The third-order valence-corrected chi connectivity index (χ3v) is 5.60. The Kier molecular flexibility index (Phi) is 5.53. The van der Waals surface area contributed by atoms with Crippen molar-refractivity contribution in [2.75, 3.05) is 7.11 Å². The normalized spacial score (nSPS) is 11.0. The van der Waals surface area contributed by atoms with Gasteiger partial charge in [-0.25, -0.2) is 0 Å². The average molecular weight is 408 g/mol. The van der Waals surface area contributed by atoms with Crippen LogP contribution in [0, 0.1) is 0 Å². The molecule has 0 radical (unpaired) electrons. The maximum atomic E-state index is 11.9. The van der Waals surface area contributed by atoms with E-state index in [9.17, 15) is 4.79 Å². The predicted molar refractivity (Wildman–Crippen MR) is 112 cm³/mol. The fourth-order valence-corrected chi connectivity index (χ4v) is 3.89. The van der Waals surface area contributed by atoms with E-state index in [4.69, 9.17) is 9.47 Å². The highest BCUT2D eigenvalue weighted by molar-refractivity contribution is 7.98. The number of methoxy groups -OCH3 is 1. The quantitative estimate of drug-likeness (QED) is 0.471. The first-order valence-corrected chi connectivity index (χ1v) is 10.0. The van der Waals surface area contributed by atoms with E-state index in [1.54, 1.807) is 13.2 Å². The minimum absolute atomic E-state index is 0.107. The predicted octanol–water partition coefficient (Wildman–Crippen LogP) is 3.54. The molecular weight excluding hydrogens is 388 g/mol. The topological polar surface area (TPSA) is 82.0 Å². The Hall–Kier alpha value is -3.26. The lowest BCUT2D eigenvalue weighted by molar-refractivity contribution is 0.288. The fourth-order valence-electron chi connectivity index (χ4n) is 2.97. The summed E-state index contributed by atoms with van der Waals surface area (Å²) < 4.78 is 12.9. The van der Waals surface area contributed by atoms with Crippen molar-refractivity contribution in [2.45, 2.75) is 17.5 Å². The fraction of sp³-hybridized carbons (Fsp3) is 0.190. The van der Waals surface area contributed by atoms with E-state index in [2.05, 4.69) is 15.2 Å². The summed E-state index contributed by atoms with van der Waals surface area (Å²) in [5.74, 6) is 2.78. The number of hydrogen-bond donors (Lipinski definition) is 1. The minimum atomic E-state index is -0.107. The number of H-pyrrole nitrogens is 1. The smallest absolute Gasteiger partial charge is 0.248 e. The SMILES string of the molecule is COc1cccc(OCc2nnc(SCc3cc(=O)[nH]c4ccccc34)n2C)c1. The first-order valence-electron chi connectivity index (χ1n) is 9.03. The minimum Gasteiger partial charge on any atom is -0.497 e. The molecule has 0 fully saturated rings. The molecule has 0 unspecified atom stereocenters. The molecule has 0 aliphatic carbocycles. The number of benzene rings is 2. The van der Waals surface area contributed by atoms with Gasteiger partial charge >= 0.3 is 0 Å². The van der Waals surface area contributed by atoms with Gasteiger partial charge in [-0.3, -0.25) is 4.79 Å². The lowest BCUT2D eigenvalue weighted by Gasteiger charge is -2.08. The molecule has 0 atom stereocenters. The number of pyridine rings is 1. The first kappa shape index (κ1) is 19.1. The number of ether oxygens (including phenoxy) is 2. The van der Waals surface area contributed by atoms with Gasteiger partial charge < -0.3 is 19.0 Å². The molecule has 0 aliphatic heterocycles. The number of fused-ring (bicyclic) bond motifs is 1. The molecule has 8 heteroatoms. The Bertz CT molecular complexity index is 1200. The van der Waals surface area contributed by atoms with E-state index < -0.39 is 0 Å². The number of aromatic nitrogens is 4. The van der Waals surface area contributed by atoms with Crippen LogP contribution < -0.4 is 15.0 Å². The summed E-state index contributed by atoms with van der Waals surface area (Å²) in [6.07, 6.45) is 0. The Labute approximate surface area is 171 Å². The number of nitrogens with zero attached hydrogens (tertiary/aromatic N) is 3. The third kappa shape index (κ3) is 4.27. The van der Waals surface area contributed by atoms with Gasteiger partial charge in [0.2, 0.25) is 5.56 Å². The van der Waals surface area contributed by atoms with Crippen molar-refractivity contribution >= 4 is 22.7 Å². The molecule has 4 rings (SSSR count). The molecule has 0 aliphatic rings. The van der Waals surface area contributed by atoms with Crippen LogP contribution in [0.3, 0.4) is 0 Å². The number of thioether (sulfide) groups is 1. The molecule has 1 N–H and O–H groups in total. The van der Waals surface area contributed by atoms with Crippen LogP contribution in [0.1, 0.15) is 11.4 Å². The van der Waals surface area contributed by atoms with Crippen molar-refractivity contribution in [3.05, 3.63) is 76.3 Å². The van der Waals surface area contributed by atoms with Gasteiger partial charge in [0.15, 0.2) is 11.0 Å². The van der Waals surface area contributed by atoms with Gasteiger partial charge in [-0.2, -0.15) is 0 Å². The lowest BCUT2D eigenvalue weighted by atomic mass is 10.1. The number of rotatable bonds is 7. The van der Waals surface area contributed by atoms with Crippen LogP contribution in [0.5, 0.6) is 11.5 Å². The molecule has 7 nitrogen and oxygen atoms in total. The van der Waals surface area contributed by atoms with Gasteiger partial charge in [0.1, 0.15) is 18.1 Å². The van der Waals surface area contributed by atoms with E-state index in [1.165, 1.54) is 11.8 Å². The highest BCUT2D eigenvalue weighted by atomic mass is 32.2. The molecule has 0 bridgehead atoms. The number of hydrogen-bond acceptors (Lipinski definition) is 6. The second-order valence-electron chi connectivity index (χ2n) is 6.42. The summed E-state index contributed by atoms with van der Waals surface area (Å²) in [5.41, 5.74) is 1.69. The summed E-state index contributed by atoms with van der Waals surface area (Å²) in [5, 5.41) is 10.3. The summed E-state index contributed by atoms with van der Waals surface area (Å²) in [6, 6.07) is 16.8. The van der Waals surface area contributed by atoms with E-state index in [1.807, 2.05) is 60.1 Å². The van der Waals surface area contributed by atoms with Gasteiger partial charge in [0, 0.05) is 35.8 Å². The summed E-state index contributed by atoms with van der Waals surface area (Å²) in [7, 11) is 3.53. The second kappa shape index (κ2) is 8.40. The van der Waals surface area contributed by atoms with Crippen molar-refractivity contribution in [1.82, 2.24) is 19.7 Å². The zero-order valence-electron chi connectivity index (χ0n) is 16.1. The maximum Gasteiger partial charge on any atom is 0.248 e. The van der Waals surface area contributed by atoms with Crippen molar-refractivity contribution in [3.63, 3.8) is 0 Å². The van der Waals surface area contributed by atoms with Crippen LogP contribution in [0.4, 0.5) is 0 Å². The second-order valence-corrected chi connectivity index (χ2v) is 7.36. The molecular formula is C21H20N4O3S. The zero-order chi connectivity index (χ0) is 20.2. The van der Waals surface area contributed by atoms with Gasteiger partial charge in [-0.1, -0.05) is 36.0 Å². The highest BCUT2D eigenvalue weighted by Crippen LogP contribution is 2.25. The van der Waals surface area contributed by atoms with Crippen LogP contribution in [-0.4, -0.2) is 26.9 Å². The monoisotopic (exact) mass is 408 g/mol. The number of aromatic amines is 1. The highest BCUT2D eigenvalue weighted by Gasteiger charge is 2.12. The van der Waals surface area contributed by atoms with Gasteiger partial charge in [0.05, 0.1) is 7.11 Å². The van der Waals surface area contributed by atoms with Crippen LogP contribution in [0.2, 0.25) is 0 Å². The Morgan fingerprint density at radius 3 is 2.76 bits per heavy atom. The Morgan fingerprint density at radius 2 is 1.90 bits per heavy atom. The first-order chi connectivity index (χ1) is 14.1. The average Bonchev–Trinajstić information content (AvgIpc) is 3.10. The Morgan fingerprint density at radius 1 is 1.07 bits per heavy atom. The largest absolute Gasteiger partial charge is 0.497 e. The van der Waals surface area contributed by atoms with Gasteiger partial charge in [0.25, 0.3) is 0 Å². The molecule has 2 aromatic heterocycles. The van der Waals surface area contributed by atoms with Crippen molar-refractivity contribution < 1.29 is 9.47 Å². The molecule has 4 aromatic rings. The van der Waals surface area contributed by atoms with Crippen LogP contribution in [0.25, 0.3) is 10.9 Å².